The number of carbonyl (C=O) groups excluding carboxylic acids is 2. The van der Waals surface area contributed by atoms with E-state index in [2.05, 4.69) is 5.32 Å². The zero-order valence-electron chi connectivity index (χ0n) is 16.3. The number of hydrogen-bond donors (Lipinski definition) is 1. The van der Waals surface area contributed by atoms with Gasteiger partial charge in [0.25, 0.3) is 5.91 Å². The average molecular weight is 402 g/mol. The fourth-order valence-corrected chi connectivity index (χ4v) is 3.80. The van der Waals surface area contributed by atoms with E-state index < -0.39 is 44.8 Å². The third-order valence-corrected chi connectivity index (χ3v) is 6.25. The number of nitrogens with one attached hydrogen (secondary N) is 1. The van der Waals surface area contributed by atoms with E-state index in [0.29, 0.717) is 6.42 Å². The van der Waals surface area contributed by atoms with Crippen LogP contribution in [0.25, 0.3) is 0 Å². The molecule has 0 aromatic heterocycles. The van der Waals surface area contributed by atoms with Gasteiger partial charge >= 0.3 is 5.97 Å². The Balaban J connectivity index is 2.96. The molecule has 9 heteroatoms. The minimum absolute atomic E-state index is 0.148. The molecule has 0 saturated carbocycles. The molecule has 1 N–H and O–H groups in total. The maximum atomic E-state index is 14.1. The van der Waals surface area contributed by atoms with Crippen molar-refractivity contribution in [2.24, 2.45) is 0 Å². The molecular formula is C18H27FN2O5S. The molecule has 0 aliphatic rings. The summed E-state index contributed by atoms with van der Waals surface area (Å²) in [7, 11) is -4.08. The number of nitrogens with zero attached hydrogens (tertiary/aromatic N) is 1. The molecule has 0 saturated heterocycles. The molecule has 0 heterocycles. The highest BCUT2D eigenvalue weighted by Crippen LogP contribution is 2.21. The van der Waals surface area contributed by atoms with Gasteiger partial charge in [-0.15, -0.1) is 0 Å². The standard InChI is InChI=1S/C18H27FN2O5S/c1-6-18(4,5)20-16(22)12-26-17(23)13-9-10-14(19)15(11-13)27(24,25)21(7-2)8-3/h9-11H,6-8,12H2,1-5H3,(H,20,22). The van der Waals surface area contributed by atoms with Gasteiger partial charge in [0.2, 0.25) is 10.0 Å². The number of sulfonamides is 1. The van der Waals surface area contributed by atoms with Crippen molar-refractivity contribution < 1.29 is 27.1 Å². The van der Waals surface area contributed by atoms with Crippen molar-refractivity contribution >= 4 is 21.9 Å². The Morgan fingerprint density at radius 2 is 1.78 bits per heavy atom. The van der Waals surface area contributed by atoms with Crippen molar-refractivity contribution in [3.63, 3.8) is 0 Å². The molecule has 0 atom stereocenters. The number of halogens is 1. The monoisotopic (exact) mass is 402 g/mol. The van der Waals surface area contributed by atoms with E-state index in [1.165, 1.54) is 0 Å². The highest BCUT2D eigenvalue weighted by Gasteiger charge is 2.27. The minimum atomic E-state index is -4.08. The zero-order chi connectivity index (χ0) is 20.8. The van der Waals surface area contributed by atoms with Gasteiger partial charge in [0.1, 0.15) is 10.7 Å². The number of carbonyl (C=O) groups is 2. The van der Waals surface area contributed by atoms with Gasteiger partial charge in [-0.25, -0.2) is 17.6 Å². The quantitative estimate of drug-likeness (QED) is 0.640. The lowest BCUT2D eigenvalue weighted by Crippen LogP contribution is -2.44. The first-order chi connectivity index (χ1) is 12.5. The molecule has 1 amide bonds. The Kier molecular flexibility index (Phi) is 7.91. The van der Waals surface area contributed by atoms with Gasteiger partial charge in [0.05, 0.1) is 5.56 Å². The Labute approximate surface area is 159 Å². The Hall–Kier alpha value is -2.00. The molecule has 1 rings (SSSR count). The molecule has 0 fully saturated rings. The predicted octanol–water partition coefficient (Wildman–Crippen LogP) is 2.32. The van der Waals surface area contributed by atoms with Crippen LogP contribution in [0.2, 0.25) is 0 Å². The molecule has 152 valence electrons. The minimum Gasteiger partial charge on any atom is -0.452 e. The normalized spacial score (nSPS) is 12.1. The van der Waals surface area contributed by atoms with Crippen LogP contribution >= 0.6 is 0 Å². The fourth-order valence-electron chi connectivity index (χ4n) is 2.25. The summed E-state index contributed by atoms with van der Waals surface area (Å²) >= 11 is 0. The predicted molar refractivity (Wildman–Crippen MR) is 99.3 cm³/mol. The molecule has 0 aliphatic carbocycles. The highest BCUT2D eigenvalue weighted by molar-refractivity contribution is 7.89. The van der Waals surface area contributed by atoms with Crippen LogP contribution in [0.1, 0.15) is 51.4 Å². The van der Waals surface area contributed by atoms with Crippen molar-refractivity contribution in [2.45, 2.75) is 51.5 Å². The van der Waals surface area contributed by atoms with Crippen molar-refractivity contribution in [3.05, 3.63) is 29.6 Å². The van der Waals surface area contributed by atoms with Crippen LogP contribution in [-0.4, -0.2) is 49.8 Å². The third-order valence-electron chi connectivity index (χ3n) is 4.19. The highest BCUT2D eigenvalue weighted by atomic mass is 32.2. The second kappa shape index (κ2) is 9.27. The number of rotatable bonds is 9. The van der Waals surface area contributed by atoms with Gasteiger partial charge in [-0.05, 0) is 38.5 Å². The van der Waals surface area contributed by atoms with Gasteiger partial charge in [0, 0.05) is 18.6 Å². The maximum absolute atomic E-state index is 14.1. The van der Waals surface area contributed by atoms with Crippen LogP contribution in [0.4, 0.5) is 4.39 Å². The summed E-state index contributed by atoms with van der Waals surface area (Å²) in [5.41, 5.74) is -0.589. The van der Waals surface area contributed by atoms with E-state index in [-0.39, 0.29) is 18.7 Å². The number of benzene rings is 1. The fraction of sp³-hybridized carbons (Fsp3) is 0.556. The number of hydrogen-bond acceptors (Lipinski definition) is 5. The number of esters is 1. The lowest BCUT2D eigenvalue weighted by Gasteiger charge is -2.24. The smallest absolute Gasteiger partial charge is 0.338 e. The zero-order valence-corrected chi connectivity index (χ0v) is 17.2. The Bertz CT molecular complexity index is 789. The largest absolute Gasteiger partial charge is 0.452 e. The van der Waals surface area contributed by atoms with E-state index in [0.717, 1.165) is 22.5 Å². The molecule has 0 aliphatic heterocycles. The molecule has 0 bridgehead atoms. The van der Waals surface area contributed by atoms with E-state index in [1.807, 2.05) is 20.8 Å². The van der Waals surface area contributed by atoms with Crippen molar-refractivity contribution in [1.29, 1.82) is 0 Å². The van der Waals surface area contributed by atoms with E-state index >= 15 is 0 Å². The Morgan fingerprint density at radius 1 is 1.19 bits per heavy atom. The van der Waals surface area contributed by atoms with Gasteiger partial charge in [0.15, 0.2) is 6.61 Å². The molecule has 27 heavy (non-hydrogen) atoms. The van der Waals surface area contributed by atoms with Gasteiger partial charge in [-0.3, -0.25) is 4.79 Å². The third kappa shape index (κ3) is 6.00. The summed E-state index contributed by atoms with van der Waals surface area (Å²) in [6.07, 6.45) is 0.692. The van der Waals surface area contributed by atoms with Crippen molar-refractivity contribution in [3.8, 4) is 0 Å². The first-order valence-corrected chi connectivity index (χ1v) is 10.2. The van der Waals surface area contributed by atoms with Gasteiger partial charge in [-0.2, -0.15) is 4.31 Å². The molecule has 0 unspecified atom stereocenters. The van der Waals surface area contributed by atoms with Crippen LogP contribution in [0.5, 0.6) is 0 Å². The van der Waals surface area contributed by atoms with E-state index in [1.54, 1.807) is 13.8 Å². The van der Waals surface area contributed by atoms with Crippen LogP contribution < -0.4 is 5.32 Å². The summed E-state index contributed by atoms with van der Waals surface area (Å²) in [6, 6.07) is 2.94. The first-order valence-electron chi connectivity index (χ1n) is 8.76. The molecule has 0 radical (unpaired) electrons. The van der Waals surface area contributed by atoms with Gasteiger partial charge in [-0.1, -0.05) is 20.8 Å². The molecule has 7 nitrogen and oxygen atoms in total. The molecule has 1 aromatic rings. The maximum Gasteiger partial charge on any atom is 0.338 e. The van der Waals surface area contributed by atoms with E-state index in [9.17, 15) is 22.4 Å². The van der Waals surface area contributed by atoms with Crippen molar-refractivity contribution in [1.82, 2.24) is 9.62 Å². The average Bonchev–Trinajstić information content (AvgIpc) is 2.60. The van der Waals surface area contributed by atoms with Crippen LogP contribution in [0.3, 0.4) is 0 Å². The lowest BCUT2D eigenvalue weighted by molar-refractivity contribution is -0.125. The number of amides is 1. The summed E-state index contributed by atoms with van der Waals surface area (Å²) in [5, 5.41) is 2.71. The number of ether oxygens (including phenoxy) is 1. The Morgan fingerprint density at radius 3 is 2.30 bits per heavy atom. The SMILES string of the molecule is CCN(CC)S(=O)(=O)c1cc(C(=O)OCC(=O)NC(C)(C)CC)ccc1F. The van der Waals surface area contributed by atoms with Crippen LogP contribution in [-0.2, 0) is 19.6 Å². The molecular weight excluding hydrogens is 375 g/mol. The second-order valence-electron chi connectivity index (χ2n) is 6.60. The topological polar surface area (TPSA) is 92.8 Å². The summed E-state index contributed by atoms with van der Waals surface area (Å²) < 4.78 is 45.1. The van der Waals surface area contributed by atoms with E-state index in [4.69, 9.17) is 4.74 Å². The van der Waals surface area contributed by atoms with Crippen LogP contribution in [0, 0.1) is 5.82 Å². The first kappa shape index (κ1) is 23.0. The molecule has 1 aromatic carbocycles. The lowest BCUT2D eigenvalue weighted by atomic mass is 10.0. The van der Waals surface area contributed by atoms with Crippen LogP contribution in [0.15, 0.2) is 23.1 Å². The summed E-state index contributed by atoms with van der Waals surface area (Å²) in [6.45, 7) is 8.65. The summed E-state index contributed by atoms with van der Waals surface area (Å²) in [4.78, 5) is 23.4. The van der Waals surface area contributed by atoms with Crippen molar-refractivity contribution in [2.75, 3.05) is 19.7 Å². The van der Waals surface area contributed by atoms with Gasteiger partial charge < -0.3 is 10.1 Å². The molecule has 0 spiro atoms. The second-order valence-corrected chi connectivity index (χ2v) is 8.50. The summed E-state index contributed by atoms with van der Waals surface area (Å²) in [5.74, 6) is -2.34.